The van der Waals surface area contributed by atoms with Gasteiger partial charge in [-0.3, -0.25) is 33.7 Å². The Hall–Kier alpha value is -6.87. The number of unbranched alkanes of at least 4 members (excludes halogenated alkanes) is 2. The molecule has 2 aromatic carbocycles. The maximum Gasteiger partial charge on any atom is 0.410 e. The van der Waals surface area contributed by atoms with Crippen molar-refractivity contribution in [3.8, 4) is 0 Å². The smallest absolute Gasteiger partial charge is 0.410 e. The summed E-state index contributed by atoms with van der Waals surface area (Å²) in [5.74, 6) is -4.07. The van der Waals surface area contributed by atoms with Gasteiger partial charge >= 0.3 is 18.1 Å². The van der Waals surface area contributed by atoms with Gasteiger partial charge < -0.3 is 51.2 Å². The number of carbonyl (C=O) groups is 8. The summed E-state index contributed by atoms with van der Waals surface area (Å²) in [6, 6.07) is 6.08. The number of aromatic nitrogens is 4. The molecule has 78 heavy (non-hydrogen) atoms. The number of imide groups is 1. The largest absolute Gasteiger partial charge is 0.477 e. The van der Waals surface area contributed by atoms with E-state index < -0.39 is 64.8 Å². The normalized spacial score (nSPS) is 14.4. The second-order valence-corrected chi connectivity index (χ2v) is 19.3. The molecule has 0 bridgehead atoms. The SMILES string of the molecule is CCn1cc(C(=O)O)c(=O)c2cc(F)c(N3CCN(C(=O)OCc4ccc(NC(=O)[C@H](CCCNC(N)=O)n5cc([C@@H](NC(=O)[C@@H](NC(=O)CCCCCN6C(=O)CCC6=O)C(C)C)C(C)C)nn5)cc4)CC3)cc21.S.S.S. The van der Waals surface area contributed by atoms with Crippen LogP contribution in [-0.4, -0.2) is 127 Å². The summed E-state index contributed by atoms with van der Waals surface area (Å²) in [5, 5.41) is 29.4. The Morgan fingerprint density at radius 2 is 1.50 bits per heavy atom. The molecule has 0 spiro atoms. The fourth-order valence-corrected chi connectivity index (χ4v) is 9.02. The maximum atomic E-state index is 15.4. The second-order valence-electron chi connectivity index (χ2n) is 19.3. The lowest BCUT2D eigenvalue weighted by molar-refractivity contribution is -0.138. The molecule has 23 nitrogen and oxygen atoms in total. The Balaban J connectivity index is 0.00000533. The van der Waals surface area contributed by atoms with Crippen LogP contribution in [0.1, 0.15) is 120 Å². The molecular formula is C51H73FN12O11S3. The predicted octanol–water partition coefficient (Wildman–Crippen LogP) is 4.54. The Bertz CT molecular complexity index is 2810. The number of amides is 8. The van der Waals surface area contributed by atoms with Crippen molar-refractivity contribution in [2.24, 2.45) is 17.6 Å². The summed E-state index contributed by atoms with van der Waals surface area (Å²) in [7, 11) is 0. The van der Waals surface area contributed by atoms with E-state index in [0.717, 1.165) is 6.07 Å². The van der Waals surface area contributed by atoms with Gasteiger partial charge in [-0.05, 0) is 74.3 Å². The number of hydrogen-bond donors (Lipinski definition) is 6. The van der Waals surface area contributed by atoms with Crippen molar-refractivity contribution in [2.45, 2.75) is 117 Å². The third kappa shape index (κ3) is 17.1. The summed E-state index contributed by atoms with van der Waals surface area (Å²) < 4.78 is 24.0. The van der Waals surface area contributed by atoms with Crippen molar-refractivity contribution in [3.05, 3.63) is 81.7 Å². The van der Waals surface area contributed by atoms with Gasteiger partial charge in [-0.15, -0.1) is 5.10 Å². The quantitative estimate of drug-likeness (QED) is 0.0415. The molecule has 2 saturated heterocycles. The van der Waals surface area contributed by atoms with E-state index in [2.05, 4.69) is 31.6 Å². The second kappa shape index (κ2) is 30.3. The fourth-order valence-electron chi connectivity index (χ4n) is 9.02. The number of anilines is 2. The van der Waals surface area contributed by atoms with Gasteiger partial charge in [0.15, 0.2) is 0 Å². The number of primary amides is 1. The van der Waals surface area contributed by atoms with Crippen LogP contribution in [-0.2, 0) is 41.9 Å². The Morgan fingerprint density at radius 1 is 0.833 bits per heavy atom. The lowest BCUT2D eigenvalue weighted by Gasteiger charge is -2.35. The van der Waals surface area contributed by atoms with Gasteiger partial charge in [-0.1, -0.05) is 51.5 Å². The molecular weight excluding hydrogens is 1070 g/mol. The molecule has 0 saturated carbocycles. The number of carbonyl (C=O) groups excluding carboxylic acids is 7. The van der Waals surface area contributed by atoms with Crippen LogP contribution in [0.4, 0.5) is 25.4 Å². The number of piperazine rings is 1. The Labute approximate surface area is 472 Å². The number of ether oxygens (including phenoxy) is 1. The number of urea groups is 1. The summed E-state index contributed by atoms with van der Waals surface area (Å²) in [6.45, 7) is 10.9. The van der Waals surface area contributed by atoms with Gasteiger partial charge in [-0.25, -0.2) is 23.5 Å². The number of aryl methyl sites for hydroxylation is 1. The lowest BCUT2D eigenvalue weighted by atomic mass is 9.98. The minimum atomic E-state index is -1.39. The minimum absolute atomic E-state index is 0. The number of fused-ring (bicyclic) bond motifs is 1. The molecule has 2 aliphatic rings. The minimum Gasteiger partial charge on any atom is -0.477 e. The highest BCUT2D eigenvalue weighted by atomic mass is 32.1. The van der Waals surface area contributed by atoms with Crippen LogP contribution >= 0.6 is 40.5 Å². The molecule has 0 unspecified atom stereocenters. The van der Waals surface area contributed by atoms with E-state index >= 15 is 4.39 Å². The van der Waals surface area contributed by atoms with Crippen molar-refractivity contribution in [1.82, 2.24) is 45.3 Å². The van der Waals surface area contributed by atoms with E-state index in [1.807, 2.05) is 27.7 Å². The van der Waals surface area contributed by atoms with E-state index in [-0.39, 0.29) is 146 Å². The van der Waals surface area contributed by atoms with Crippen LogP contribution < -0.4 is 37.3 Å². The third-order valence-electron chi connectivity index (χ3n) is 13.3. The molecule has 6 rings (SSSR count). The first-order valence-corrected chi connectivity index (χ1v) is 25.3. The fraction of sp³-hybridized carbons (Fsp3) is 0.510. The summed E-state index contributed by atoms with van der Waals surface area (Å²) in [5.41, 5.74) is 6.10. The molecule has 2 aromatic heterocycles. The number of carboxylic acids is 1. The molecule has 0 aliphatic carbocycles. The van der Waals surface area contributed by atoms with E-state index in [9.17, 15) is 48.3 Å². The first-order chi connectivity index (χ1) is 35.8. The highest BCUT2D eigenvalue weighted by Gasteiger charge is 2.32. The van der Waals surface area contributed by atoms with Gasteiger partial charge in [0.2, 0.25) is 35.0 Å². The molecule has 3 atom stereocenters. The van der Waals surface area contributed by atoms with E-state index in [1.165, 1.54) is 26.7 Å². The zero-order chi connectivity index (χ0) is 54.5. The zero-order valence-corrected chi connectivity index (χ0v) is 47.4. The number of pyridine rings is 1. The molecule has 428 valence electrons. The number of carboxylic acid groups (broad SMARTS) is 1. The van der Waals surface area contributed by atoms with E-state index in [0.29, 0.717) is 61.2 Å². The topological polar surface area (TPSA) is 303 Å². The Morgan fingerprint density at radius 3 is 2.10 bits per heavy atom. The highest BCUT2D eigenvalue weighted by molar-refractivity contribution is 7.59. The van der Waals surface area contributed by atoms with Crippen LogP contribution in [0.25, 0.3) is 10.9 Å². The van der Waals surface area contributed by atoms with Crippen molar-refractivity contribution < 1.29 is 52.6 Å². The number of nitrogens with zero attached hydrogens (tertiary/aromatic N) is 7. The number of rotatable bonds is 24. The number of benzene rings is 2. The van der Waals surface area contributed by atoms with Crippen LogP contribution in [0.15, 0.2) is 53.6 Å². The van der Waals surface area contributed by atoms with Gasteiger partial charge in [0.05, 0.1) is 23.4 Å². The van der Waals surface area contributed by atoms with E-state index in [1.54, 1.807) is 46.9 Å². The van der Waals surface area contributed by atoms with Gasteiger partial charge in [-0.2, -0.15) is 40.5 Å². The van der Waals surface area contributed by atoms with Gasteiger partial charge in [0.1, 0.15) is 35.8 Å². The summed E-state index contributed by atoms with van der Waals surface area (Å²) >= 11 is 0. The number of likely N-dealkylation sites (tertiary alicyclic amines) is 1. The van der Waals surface area contributed by atoms with Crippen LogP contribution in [0.2, 0.25) is 0 Å². The van der Waals surface area contributed by atoms with Crippen molar-refractivity contribution in [1.29, 1.82) is 0 Å². The molecule has 4 heterocycles. The molecule has 27 heteroatoms. The summed E-state index contributed by atoms with van der Waals surface area (Å²) in [6.07, 6.45) is 5.15. The number of halogens is 1. The summed E-state index contributed by atoms with van der Waals surface area (Å²) in [4.78, 5) is 118. The monoisotopic (exact) mass is 1140 g/mol. The highest BCUT2D eigenvalue weighted by Crippen LogP contribution is 2.28. The molecule has 8 amide bonds. The standard InChI is InChI=1S/C51H67FN12O11.3H2S/c1-6-60-27-35(49(71)72)46(68)34-25-36(52)40(26-39(34)60)61-21-23-62(24-22-61)51(74)75-29-32-13-15-33(16-14-32)55-47(69)38(11-10-19-54-50(53)73)64-28-37(58-59-64)44(30(2)3)57-48(70)45(31(4)5)56-41(65)12-8-7-9-20-63-42(66)17-18-43(63)67;;;/h13-16,25-28,30-31,38,44-45H,6-12,17-24,29H2,1-5H3,(H,55,69)(H,56,65)(H,57,70)(H,71,72)(H3,53,54,73);3*1H2/t38-,44-,45-;;;/m0.../s1. The Kier molecular flexibility index (Phi) is 25.4. The van der Waals surface area contributed by atoms with Gasteiger partial charge in [0.25, 0.3) is 0 Å². The van der Waals surface area contributed by atoms with Crippen molar-refractivity contribution in [3.63, 3.8) is 0 Å². The van der Waals surface area contributed by atoms with Crippen molar-refractivity contribution >= 4 is 110 Å². The van der Waals surface area contributed by atoms with E-state index in [4.69, 9.17) is 10.5 Å². The first-order valence-electron chi connectivity index (χ1n) is 25.3. The zero-order valence-electron chi connectivity index (χ0n) is 44.4. The molecule has 2 fully saturated rings. The average molecular weight is 1150 g/mol. The first kappa shape index (κ1) is 65.4. The molecule has 2 aliphatic heterocycles. The number of hydrogen-bond acceptors (Lipinski definition) is 13. The number of nitrogens with one attached hydrogen (secondary N) is 4. The predicted molar refractivity (Wildman–Crippen MR) is 304 cm³/mol. The number of nitrogens with two attached hydrogens (primary N) is 1. The van der Waals surface area contributed by atoms with Crippen molar-refractivity contribution in [2.75, 3.05) is 49.5 Å². The maximum absolute atomic E-state index is 15.4. The number of aromatic carboxylic acids is 1. The van der Waals surface area contributed by atoms with Crippen LogP contribution in [0.5, 0.6) is 0 Å². The van der Waals surface area contributed by atoms with Crippen LogP contribution in [0.3, 0.4) is 0 Å². The van der Waals surface area contributed by atoms with Gasteiger partial charge in [0, 0.05) is 82.3 Å². The average Bonchev–Trinajstić information content (AvgIpc) is 3.99. The lowest BCUT2D eigenvalue weighted by Crippen LogP contribution is -2.51. The van der Waals surface area contributed by atoms with Crippen LogP contribution in [0, 0.1) is 17.7 Å². The molecule has 7 N–H and O–H groups in total. The molecule has 0 radical (unpaired) electrons. The third-order valence-corrected chi connectivity index (χ3v) is 13.3. The molecule has 4 aromatic rings.